The Morgan fingerprint density at radius 2 is 2.42 bits per heavy atom. The zero-order chi connectivity index (χ0) is 8.39. The number of aromatic nitrogens is 4. The minimum atomic E-state index is 0.876. The van der Waals surface area contributed by atoms with Gasteiger partial charge in [-0.25, -0.2) is 9.97 Å². The van der Waals surface area contributed by atoms with E-state index in [1.54, 1.807) is 24.3 Å². The summed E-state index contributed by atoms with van der Waals surface area (Å²) in [5.74, 6) is 1.01. The fourth-order valence-corrected chi connectivity index (χ4v) is 1.68. The average Bonchev–Trinajstić information content (AvgIpc) is 2.53. The van der Waals surface area contributed by atoms with Gasteiger partial charge in [0.05, 0.1) is 6.20 Å². The van der Waals surface area contributed by atoms with Crippen molar-refractivity contribution in [2.75, 3.05) is 5.75 Å². The van der Waals surface area contributed by atoms with Gasteiger partial charge < -0.3 is 0 Å². The molecule has 0 spiro atoms. The maximum Gasteiger partial charge on any atom is 0.125 e. The molecule has 2 aromatic heterocycles. The standard InChI is InChI=1S/C7H8N4S/c1-2-12-7-6-5(3-10-11-6)8-4-9-7/h3-4H,2H2,1H3,(H,10,11). The predicted octanol–water partition coefficient (Wildman–Crippen LogP) is 1.46. The highest BCUT2D eigenvalue weighted by Gasteiger charge is 2.03. The van der Waals surface area contributed by atoms with E-state index in [1.165, 1.54) is 0 Å². The SMILES string of the molecule is CCSc1ncnc2cn[nH]c12. The molecule has 0 aliphatic carbocycles. The van der Waals surface area contributed by atoms with E-state index in [-0.39, 0.29) is 0 Å². The number of H-pyrrole nitrogens is 1. The fourth-order valence-electron chi connectivity index (χ4n) is 0.989. The molecule has 0 aromatic carbocycles. The summed E-state index contributed by atoms with van der Waals surface area (Å²) < 4.78 is 0. The lowest BCUT2D eigenvalue weighted by Crippen LogP contribution is -1.84. The van der Waals surface area contributed by atoms with Gasteiger partial charge >= 0.3 is 0 Å². The lowest BCUT2D eigenvalue weighted by Gasteiger charge is -1.96. The molecule has 0 fully saturated rings. The van der Waals surface area contributed by atoms with Gasteiger partial charge in [0.1, 0.15) is 22.4 Å². The van der Waals surface area contributed by atoms with Crippen LogP contribution in [0.2, 0.25) is 0 Å². The van der Waals surface area contributed by atoms with E-state index in [0.717, 1.165) is 21.8 Å². The Kier molecular flexibility index (Phi) is 1.95. The Balaban J connectivity index is 2.57. The van der Waals surface area contributed by atoms with Gasteiger partial charge in [-0.3, -0.25) is 5.10 Å². The van der Waals surface area contributed by atoms with Crippen molar-refractivity contribution in [3.8, 4) is 0 Å². The minimum absolute atomic E-state index is 0.876. The Morgan fingerprint density at radius 1 is 1.50 bits per heavy atom. The first-order valence-corrected chi connectivity index (χ1v) is 4.67. The van der Waals surface area contributed by atoms with Crippen molar-refractivity contribution in [2.45, 2.75) is 11.9 Å². The third-order valence-electron chi connectivity index (χ3n) is 1.49. The highest BCUT2D eigenvalue weighted by Crippen LogP contribution is 2.21. The van der Waals surface area contributed by atoms with Crippen LogP contribution in [-0.2, 0) is 0 Å². The molecule has 0 atom stereocenters. The molecular formula is C7H8N4S. The number of rotatable bonds is 2. The second-order valence-electron chi connectivity index (χ2n) is 2.24. The maximum atomic E-state index is 4.15. The number of nitrogens with zero attached hydrogens (tertiary/aromatic N) is 3. The predicted molar refractivity (Wildman–Crippen MR) is 48.1 cm³/mol. The zero-order valence-electron chi connectivity index (χ0n) is 6.61. The number of nitrogens with one attached hydrogen (secondary N) is 1. The van der Waals surface area contributed by atoms with Gasteiger partial charge in [0.2, 0.25) is 0 Å². The third-order valence-corrected chi connectivity index (χ3v) is 2.36. The summed E-state index contributed by atoms with van der Waals surface area (Å²) in [6, 6.07) is 0. The van der Waals surface area contributed by atoms with Crippen LogP contribution in [0, 0.1) is 0 Å². The largest absolute Gasteiger partial charge is 0.273 e. The van der Waals surface area contributed by atoms with Crippen molar-refractivity contribution in [1.29, 1.82) is 0 Å². The Bertz CT molecular complexity index is 384. The lowest BCUT2D eigenvalue weighted by atomic mass is 10.5. The molecule has 12 heavy (non-hydrogen) atoms. The molecule has 62 valence electrons. The summed E-state index contributed by atoms with van der Waals surface area (Å²) >= 11 is 1.69. The van der Waals surface area contributed by atoms with E-state index in [9.17, 15) is 0 Å². The van der Waals surface area contributed by atoms with Crippen LogP contribution in [0.25, 0.3) is 11.0 Å². The molecule has 2 heterocycles. The first kappa shape index (κ1) is 7.54. The Labute approximate surface area is 73.8 Å². The molecule has 0 unspecified atom stereocenters. The van der Waals surface area contributed by atoms with Crippen molar-refractivity contribution in [3.05, 3.63) is 12.5 Å². The van der Waals surface area contributed by atoms with Gasteiger partial charge in [-0.15, -0.1) is 11.8 Å². The summed E-state index contributed by atoms with van der Waals surface area (Å²) in [6.45, 7) is 2.09. The van der Waals surface area contributed by atoms with Gasteiger partial charge in [-0.2, -0.15) is 5.10 Å². The van der Waals surface area contributed by atoms with Gasteiger partial charge in [-0.05, 0) is 5.75 Å². The summed E-state index contributed by atoms with van der Waals surface area (Å²) in [6.07, 6.45) is 3.27. The van der Waals surface area contributed by atoms with Gasteiger partial charge in [0, 0.05) is 0 Å². The molecule has 4 nitrogen and oxygen atoms in total. The van der Waals surface area contributed by atoms with Crippen LogP contribution in [0.3, 0.4) is 0 Å². The molecule has 2 aromatic rings. The van der Waals surface area contributed by atoms with Crippen LogP contribution in [0.1, 0.15) is 6.92 Å². The smallest absolute Gasteiger partial charge is 0.125 e. The van der Waals surface area contributed by atoms with Gasteiger partial charge in [0.15, 0.2) is 0 Å². The monoisotopic (exact) mass is 180 g/mol. The van der Waals surface area contributed by atoms with E-state index in [0.29, 0.717) is 0 Å². The molecular weight excluding hydrogens is 172 g/mol. The molecule has 0 saturated carbocycles. The van der Waals surface area contributed by atoms with Gasteiger partial charge in [0.25, 0.3) is 0 Å². The molecule has 0 radical (unpaired) electrons. The third kappa shape index (κ3) is 1.16. The van der Waals surface area contributed by atoms with E-state index in [1.807, 2.05) is 0 Å². The van der Waals surface area contributed by atoms with Crippen molar-refractivity contribution < 1.29 is 0 Å². The molecule has 0 bridgehead atoms. The topological polar surface area (TPSA) is 54.5 Å². The second kappa shape index (κ2) is 3.10. The van der Waals surface area contributed by atoms with E-state index < -0.39 is 0 Å². The summed E-state index contributed by atoms with van der Waals surface area (Å²) in [5, 5.41) is 7.75. The zero-order valence-corrected chi connectivity index (χ0v) is 7.43. The van der Waals surface area contributed by atoms with Gasteiger partial charge in [-0.1, -0.05) is 6.92 Å². The molecule has 0 aliphatic heterocycles. The summed E-state index contributed by atoms with van der Waals surface area (Å²) in [4.78, 5) is 8.22. The molecule has 2 rings (SSSR count). The maximum absolute atomic E-state index is 4.15. The van der Waals surface area contributed by atoms with Crippen LogP contribution in [0.4, 0.5) is 0 Å². The first-order chi connectivity index (χ1) is 5.92. The van der Waals surface area contributed by atoms with E-state index >= 15 is 0 Å². The van der Waals surface area contributed by atoms with Crippen molar-refractivity contribution >= 4 is 22.8 Å². The van der Waals surface area contributed by atoms with Crippen LogP contribution in [0.5, 0.6) is 0 Å². The first-order valence-electron chi connectivity index (χ1n) is 3.68. The average molecular weight is 180 g/mol. The number of thioether (sulfide) groups is 1. The lowest BCUT2D eigenvalue weighted by molar-refractivity contribution is 1.06. The Hall–Kier alpha value is -1.10. The highest BCUT2D eigenvalue weighted by molar-refractivity contribution is 7.99. The van der Waals surface area contributed by atoms with E-state index in [2.05, 4.69) is 27.1 Å². The Morgan fingerprint density at radius 3 is 3.25 bits per heavy atom. The van der Waals surface area contributed by atoms with Crippen molar-refractivity contribution in [1.82, 2.24) is 20.2 Å². The quantitative estimate of drug-likeness (QED) is 0.561. The van der Waals surface area contributed by atoms with Crippen LogP contribution >= 0.6 is 11.8 Å². The van der Waals surface area contributed by atoms with Crippen molar-refractivity contribution in [3.63, 3.8) is 0 Å². The molecule has 0 aliphatic rings. The minimum Gasteiger partial charge on any atom is -0.273 e. The highest BCUT2D eigenvalue weighted by atomic mass is 32.2. The normalized spacial score (nSPS) is 10.8. The van der Waals surface area contributed by atoms with E-state index in [4.69, 9.17) is 0 Å². The van der Waals surface area contributed by atoms with Crippen LogP contribution in [0.15, 0.2) is 17.6 Å². The number of hydrogen-bond donors (Lipinski definition) is 1. The number of aromatic amines is 1. The molecule has 5 heteroatoms. The summed E-state index contributed by atoms with van der Waals surface area (Å²) in [5.41, 5.74) is 1.81. The second-order valence-corrected chi connectivity index (χ2v) is 3.49. The van der Waals surface area contributed by atoms with Crippen molar-refractivity contribution in [2.24, 2.45) is 0 Å². The number of fused-ring (bicyclic) bond motifs is 1. The van der Waals surface area contributed by atoms with Crippen LogP contribution in [-0.4, -0.2) is 25.9 Å². The fraction of sp³-hybridized carbons (Fsp3) is 0.286. The summed E-state index contributed by atoms with van der Waals surface area (Å²) in [7, 11) is 0. The van der Waals surface area contributed by atoms with Crippen LogP contribution < -0.4 is 0 Å². The number of hydrogen-bond acceptors (Lipinski definition) is 4. The molecule has 0 amide bonds. The molecule has 1 N–H and O–H groups in total. The molecule has 0 saturated heterocycles.